The van der Waals surface area contributed by atoms with Crippen LogP contribution in [0, 0.1) is 0 Å². The Morgan fingerprint density at radius 2 is 1.92 bits per heavy atom. The molecule has 1 aromatic carbocycles. The number of rotatable bonds is 7. The minimum absolute atomic E-state index is 0.146. The van der Waals surface area contributed by atoms with Crippen LogP contribution in [0.1, 0.15) is 31.3 Å². The van der Waals surface area contributed by atoms with Gasteiger partial charge in [0.1, 0.15) is 30.0 Å². The SMILES string of the molecule is COc1ccc(Nc2nc(C(=O)N3CCN(C(=O)OC(C)(C)C)CC3COc3cccnc3)co2)cc1. The second-order valence-corrected chi connectivity index (χ2v) is 9.47. The maximum absolute atomic E-state index is 13.4. The molecule has 4 rings (SSSR count). The summed E-state index contributed by atoms with van der Waals surface area (Å²) in [5.74, 6) is 0.964. The van der Waals surface area contributed by atoms with Crippen LogP contribution in [0.4, 0.5) is 16.5 Å². The van der Waals surface area contributed by atoms with E-state index >= 15 is 0 Å². The Morgan fingerprint density at radius 1 is 1.14 bits per heavy atom. The molecule has 11 heteroatoms. The number of piperazine rings is 1. The van der Waals surface area contributed by atoms with E-state index in [9.17, 15) is 9.59 Å². The first kappa shape index (κ1) is 25.8. The minimum Gasteiger partial charge on any atom is -0.497 e. The Balaban J connectivity index is 1.46. The Bertz CT molecular complexity index is 1190. The van der Waals surface area contributed by atoms with Crippen molar-refractivity contribution in [2.45, 2.75) is 32.4 Å². The Labute approximate surface area is 215 Å². The molecule has 196 valence electrons. The topological polar surface area (TPSA) is 119 Å². The Hall–Kier alpha value is -4.28. The number of amides is 2. The number of nitrogens with zero attached hydrogens (tertiary/aromatic N) is 4. The van der Waals surface area contributed by atoms with Gasteiger partial charge < -0.3 is 33.7 Å². The molecular formula is C26H31N5O6. The average molecular weight is 510 g/mol. The molecule has 37 heavy (non-hydrogen) atoms. The summed E-state index contributed by atoms with van der Waals surface area (Å²) in [5, 5.41) is 3.03. The van der Waals surface area contributed by atoms with Crippen molar-refractivity contribution in [1.82, 2.24) is 19.8 Å². The number of aromatic nitrogens is 2. The first-order chi connectivity index (χ1) is 17.7. The maximum atomic E-state index is 13.4. The lowest BCUT2D eigenvalue weighted by Gasteiger charge is -2.41. The molecule has 1 unspecified atom stereocenters. The Morgan fingerprint density at radius 3 is 2.59 bits per heavy atom. The van der Waals surface area contributed by atoms with Gasteiger partial charge in [-0.25, -0.2) is 4.79 Å². The monoisotopic (exact) mass is 509 g/mol. The summed E-state index contributed by atoms with van der Waals surface area (Å²) in [6.45, 7) is 6.45. The lowest BCUT2D eigenvalue weighted by Crippen LogP contribution is -2.59. The highest BCUT2D eigenvalue weighted by Gasteiger charge is 2.36. The number of oxazole rings is 1. The van der Waals surface area contributed by atoms with Crippen molar-refractivity contribution in [3.05, 3.63) is 60.7 Å². The second-order valence-electron chi connectivity index (χ2n) is 9.47. The quantitative estimate of drug-likeness (QED) is 0.505. The summed E-state index contributed by atoms with van der Waals surface area (Å²) in [6, 6.07) is 10.5. The molecule has 1 atom stereocenters. The first-order valence-electron chi connectivity index (χ1n) is 11.9. The largest absolute Gasteiger partial charge is 0.497 e. The number of nitrogens with one attached hydrogen (secondary N) is 1. The standard InChI is InChI=1S/C26H31N5O6/c1-26(2,3)37-25(33)30-12-13-31(19(15-30)16-35-21-6-5-11-27-14-21)23(32)22-17-36-24(29-22)28-18-7-9-20(34-4)10-8-18/h5-11,14,17,19H,12-13,15-16H2,1-4H3,(H,28,29). The van der Waals surface area contributed by atoms with Crippen molar-refractivity contribution in [2.75, 3.05) is 38.7 Å². The number of hydrogen-bond acceptors (Lipinski definition) is 9. The van der Waals surface area contributed by atoms with Crippen molar-refractivity contribution < 1.29 is 28.2 Å². The number of carbonyl (C=O) groups excluding carboxylic acids is 2. The smallest absolute Gasteiger partial charge is 0.410 e. The molecule has 2 aromatic heterocycles. The zero-order valence-electron chi connectivity index (χ0n) is 21.3. The van der Waals surface area contributed by atoms with Gasteiger partial charge in [-0.1, -0.05) is 0 Å². The number of methoxy groups -OCH3 is 1. The van der Waals surface area contributed by atoms with E-state index in [1.807, 2.05) is 32.9 Å². The predicted octanol–water partition coefficient (Wildman–Crippen LogP) is 3.96. The van der Waals surface area contributed by atoms with Crippen LogP contribution in [0.15, 0.2) is 59.5 Å². The number of benzene rings is 1. The molecule has 0 saturated carbocycles. The summed E-state index contributed by atoms with van der Waals surface area (Å²) < 4.78 is 22.1. The molecule has 1 fully saturated rings. The van der Waals surface area contributed by atoms with Crippen molar-refractivity contribution in [3.8, 4) is 11.5 Å². The van der Waals surface area contributed by atoms with E-state index in [-0.39, 0.29) is 37.3 Å². The lowest BCUT2D eigenvalue weighted by molar-refractivity contribution is -0.00109. The van der Waals surface area contributed by atoms with E-state index in [1.54, 1.807) is 53.6 Å². The van der Waals surface area contributed by atoms with E-state index in [1.165, 1.54) is 6.26 Å². The summed E-state index contributed by atoms with van der Waals surface area (Å²) in [6.07, 6.45) is 4.12. The molecule has 1 saturated heterocycles. The molecule has 0 aliphatic carbocycles. The van der Waals surface area contributed by atoms with E-state index in [0.29, 0.717) is 12.3 Å². The fourth-order valence-corrected chi connectivity index (χ4v) is 3.76. The highest BCUT2D eigenvalue weighted by molar-refractivity contribution is 5.93. The number of anilines is 2. The van der Waals surface area contributed by atoms with Crippen LogP contribution in [0.2, 0.25) is 0 Å². The third-order valence-electron chi connectivity index (χ3n) is 5.54. The van der Waals surface area contributed by atoms with Gasteiger partial charge in [0.25, 0.3) is 11.9 Å². The molecule has 0 radical (unpaired) electrons. The van der Waals surface area contributed by atoms with Crippen LogP contribution in [-0.2, 0) is 4.74 Å². The Kier molecular flexibility index (Phi) is 7.80. The highest BCUT2D eigenvalue weighted by Crippen LogP contribution is 2.22. The summed E-state index contributed by atoms with van der Waals surface area (Å²) in [4.78, 5) is 37.7. The van der Waals surface area contributed by atoms with Gasteiger partial charge >= 0.3 is 6.09 Å². The van der Waals surface area contributed by atoms with Gasteiger partial charge in [-0.3, -0.25) is 9.78 Å². The maximum Gasteiger partial charge on any atom is 0.410 e. The van der Waals surface area contributed by atoms with Gasteiger partial charge in [0.2, 0.25) is 0 Å². The van der Waals surface area contributed by atoms with Crippen molar-refractivity contribution >= 4 is 23.7 Å². The zero-order valence-corrected chi connectivity index (χ0v) is 21.3. The van der Waals surface area contributed by atoms with Gasteiger partial charge in [0, 0.05) is 31.5 Å². The van der Waals surface area contributed by atoms with E-state index in [0.717, 1.165) is 11.4 Å². The fourth-order valence-electron chi connectivity index (χ4n) is 3.76. The van der Waals surface area contributed by atoms with E-state index in [2.05, 4.69) is 15.3 Å². The number of pyridine rings is 1. The summed E-state index contributed by atoms with van der Waals surface area (Å²) in [7, 11) is 1.59. The molecule has 0 spiro atoms. The highest BCUT2D eigenvalue weighted by atomic mass is 16.6. The van der Waals surface area contributed by atoms with Gasteiger partial charge in [0.15, 0.2) is 5.69 Å². The summed E-state index contributed by atoms with van der Waals surface area (Å²) in [5.41, 5.74) is 0.253. The van der Waals surface area contributed by atoms with Crippen LogP contribution in [0.5, 0.6) is 11.5 Å². The van der Waals surface area contributed by atoms with Crippen LogP contribution < -0.4 is 14.8 Å². The predicted molar refractivity (Wildman–Crippen MR) is 135 cm³/mol. The van der Waals surface area contributed by atoms with Crippen molar-refractivity contribution in [1.29, 1.82) is 0 Å². The molecule has 1 aliphatic heterocycles. The second kappa shape index (κ2) is 11.2. The van der Waals surface area contributed by atoms with Gasteiger partial charge in [-0.15, -0.1) is 0 Å². The fraction of sp³-hybridized carbons (Fsp3) is 0.385. The average Bonchev–Trinajstić information content (AvgIpc) is 3.35. The minimum atomic E-state index is -0.625. The molecule has 2 amide bonds. The number of carbonyl (C=O) groups is 2. The molecule has 11 nitrogen and oxygen atoms in total. The number of hydrogen-bond donors (Lipinski definition) is 1. The van der Waals surface area contributed by atoms with Crippen molar-refractivity contribution in [3.63, 3.8) is 0 Å². The molecule has 3 aromatic rings. The summed E-state index contributed by atoms with van der Waals surface area (Å²) >= 11 is 0. The van der Waals surface area contributed by atoms with E-state index < -0.39 is 17.7 Å². The molecule has 3 heterocycles. The molecule has 1 aliphatic rings. The normalized spacial score (nSPS) is 15.7. The van der Waals surface area contributed by atoms with Gasteiger partial charge in [-0.2, -0.15) is 4.98 Å². The van der Waals surface area contributed by atoms with Crippen LogP contribution in [0.25, 0.3) is 0 Å². The zero-order chi connectivity index (χ0) is 26.4. The van der Waals surface area contributed by atoms with Gasteiger partial charge in [0.05, 0.1) is 19.3 Å². The third-order valence-corrected chi connectivity index (χ3v) is 5.54. The molecule has 1 N–H and O–H groups in total. The lowest BCUT2D eigenvalue weighted by atomic mass is 10.1. The third kappa shape index (κ3) is 6.90. The van der Waals surface area contributed by atoms with Crippen molar-refractivity contribution in [2.24, 2.45) is 0 Å². The first-order valence-corrected chi connectivity index (χ1v) is 11.9. The van der Waals surface area contributed by atoms with Gasteiger partial charge in [-0.05, 0) is 57.2 Å². The number of ether oxygens (including phenoxy) is 3. The molecule has 0 bridgehead atoms. The van der Waals surface area contributed by atoms with E-state index in [4.69, 9.17) is 18.6 Å². The van der Waals surface area contributed by atoms with Crippen LogP contribution in [-0.4, -0.2) is 76.8 Å². The van der Waals surface area contributed by atoms with Crippen LogP contribution in [0.3, 0.4) is 0 Å². The van der Waals surface area contributed by atoms with Crippen LogP contribution >= 0.6 is 0 Å². The molecular weight excluding hydrogens is 478 g/mol.